The molecule has 0 saturated carbocycles. The molecule has 0 aliphatic carbocycles. The molecule has 1 saturated heterocycles. The molecular formula is C13H13NO3. The van der Waals surface area contributed by atoms with Crippen molar-refractivity contribution < 1.29 is 14.3 Å². The SMILES string of the molecule is O=C(c1cc2ccccc2o1)N1CC[C@@H](O)C1. The molecule has 1 fully saturated rings. The predicted octanol–water partition coefficient (Wildman–Crippen LogP) is 1.64. The van der Waals surface area contributed by atoms with Gasteiger partial charge in [0.15, 0.2) is 5.76 Å². The maximum absolute atomic E-state index is 12.1. The number of furan rings is 1. The number of hydrogen-bond donors (Lipinski definition) is 1. The van der Waals surface area contributed by atoms with Gasteiger partial charge in [0.25, 0.3) is 5.91 Å². The molecule has 1 aliphatic heterocycles. The Morgan fingerprint density at radius 1 is 1.41 bits per heavy atom. The lowest BCUT2D eigenvalue weighted by Gasteiger charge is -2.12. The Hall–Kier alpha value is -1.81. The molecular weight excluding hydrogens is 218 g/mol. The third-order valence-corrected chi connectivity index (χ3v) is 3.09. The van der Waals surface area contributed by atoms with Crippen LogP contribution in [0.1, 0.15) is 17.0 Å². The van der Waals surface area contributed by atoms with Crippen LogP contribution in [0.25, 0.3) is 11.0 Å². The number of para-hydroxylation sites is 1. The number of benzene rings is 1. The van der Waals surface area contributed by atoms with Gasteiger partial charge in [0, 0.05) is 18.5 Å². The number of fused-ring (bicyclic) bond motifs is 1. The third-order valence-electron chi connectivity index (χ3n) is 3.09. The zero-order valence-corrected chi connectivity index (χ0v) is 9.30. The maximum atomic E-state index is 12.1. The van der Waals surface area contributed by atoms with Gasteiger partial charge in [-0.15, -0.1) is 0 Å². The molecule has 1 aliphatic rings. The van der Waals surface area contributed by atoms with E-state index in [4.69, 9.17) is 4.42 Å². The molecule has 1 N–H and O–H groups in total. The number of rotatable bonds is 1. The molecule has 2 aromatic rings. The van der Waals surface area contributed by atoms with Crippen LogP contribution in [0.2, 0.25) is 0 Å². The number of likely N-dealkylation sites (tertiary alicyclic amines) is 1. The number of aliphatic hydroxyl groups excluding tert-OH is 1. The minimum Gasteiger partial charge on any atom is -0.451 e. The van der Waals surface area contributed by atoms with Crippen molar-refractivity contribution in [3.05, 3.63) is 36.1 Å². The van der Waals surface area contributed by atoms with Crippen molar-refractivity contribution >= 4 is 16.9 Å². The third kappa shape index (κ3) is 1.80. The van der Waals surface area contributed by atoms with Gasteiger partial charge in [0.1, 0.15) is 5.58 Å². The predicted molar refractivity (Wildman–Crippen MR) is 62.7 cm³/mol. The number of aliphatic hydroxyl groups is 1. The lowest BCUT2D eigenvalue weighted by atomic mass is 10.2. The van der Waals surface area contributed by atoms with E-state index in [0.29, 0.717) is 25.3 Å². The molecule has 17 heavy (non-hydrogen) atoms. The van der Waals surface area contributed by atoms with Gasteiger partial charge in [0.2, 0.25) is 0 Å². The van der Waals surface area contributed by atoms with Crippen LogP contribution in [0.3, 0.4) is 0 Å². The lowest BCUT2D eigenvalue weighted by Crippen LogP contribution is -2.29. The van der Waals surface area contributed by atoms with Crippen molar-refractivity contribution in [2.24, 2.45) is 0 Å². The number of hydrogen-bond acceptors (Lipinski definition) is 3. The van der Waals surface area contributed by atoms with Crippen LogP contribution < -0.4 is 0 Å². The molecule has 1 atom stereocenters. The first-order valence-corrected chi connectivity index (χ1v) is 5.70. The van der Waals surface area contributed by atoms with Crippen molar-refractivity contribution in [1.29, 1.82) is 0 Å². The van der Waals surface area contributed by atoms with E-state index in [9.17, 15) is 9.90 Å². The smallest absolute Gasteiger partial charge is 0.289 e. The van der Waals surface area contributed by atoms with Crippen LogP contribution in [0.15, 0.2) is 34.7 Å². The quantitative estimate of drug-likeness (QED) is 0.811. The molecule has 88 valence electrons. The van der Waals surface area contributed by atoms with E-state index in [2.05, 4.69) is 0 Å². The number of carbonyl (C=O) groups excluding carboxylic acids is 1. The number of nitrogens with zero attached hydrogens (tertiary/aromatic N) is 1. The first-order valence-electron chi connectivity index (χ1n) is 5.70. The molecule has 0 bridgehead atoms. The summed E-state index contributed by atoms with van der Waals surface area (Å²) < 4.78 is 5.50. The molecule has 0 radical (unpaired) electrons. The van der Waals surface area contributed by atoms with E-state index in [-0.39, 0.29) is 5.91 Å². The fourth-order valence-corrected chi connectivity index (χ4v) is 2.17. The van der Waals surface area contributed by atoms with E-state index in [1.165, 1.54) is 0 Å². The van der Waals surface area contributed by atoms with Crippen molar-refractivity contribution in [2.75, 3.05) is 13.1 Å². The van der Waals surface area contributed by atoms with Crippen LogP contribution in [-0.2, 0) is 0 Å². The van der Waals surface area contributed by atoms with Gasteiger partial charge in [-0.2, -0.15) is 0 Å². The Morgan fingerprint density at radius 2 is 2.24 bits per heavy atom. The Balaban J connectivity index is 1.90. The largest absolute Gasteiger partial charge is 0.451 e. The zero-order valence-electron chi connectivity index (χ0n) is 9.30. The van der Waals surface area contributed by atoms with Gasteiger partial charge in [0.05, 0.1) is 6.10 Å². The molecule has 4 nitrogen and oxygen atoms in total. The highest BCUT2D eigenvalue weighted by atomic mass is 16.3. The fraction of sp³-hybridized carbons (Fsp3) is 0.308. The van der Waals surface area contributed by atoms with E-state index in [1.807, 2.05) is 24.3 Å². The second kappa shape index (κ2) is 3.89. The average molecular weight is 231 g/mol. The Kier molecular flexibility index (Phi) is 2.37. The summed E-state index contributed by atoms with van der Waals surface area (Å²) in [6.07, 6.45) is 0.245. The van der Waals surface area contributed by atoms with Gasteiger partial charge in [-0.25, -0.2) is 0 Å². The second-order valence-electron chi connectivity index (χ2n) is 4.34. The molecule has 1 aromatic heterocycles. The van der Waals surface area contributed by atoms with Gasteiger partial charge in [-0.1, -0.05) is 18.2 Å². The van der Waals surface area contributed by atoms with Crippen LogP contribution in [0.4, 0.5) is 0 Å². The maximum Gasteiger partial charge on any atom is 0.289 e. The summed E-state index contributed by atoms with van der Waals surface area (Å²) >= 11 is 0. The minimum atomic E-state index is -0.400. The van der Waals surface area contributed by atoms with Crippen molar-refractivity contribution in [2.45, 2.75) is 12.5 Å². The van der Waals surface area contributed by atoms with Gasteiger partial charge in [-0.3, -0.25) is 4.79 Å². The highest BCUT2D eigenvalue weighted by Gasteiger charge is 2.27. The summed E-state index contributed by atoms with van der Waals surface area (Å²) in [6, 6.07) is 9.28. The Bertz CT molecular complexity index is 528. The summed E-state index contributed by atoms with van der Waals surface area (Å²) in [5.74, 6) is 0.207. The van der Waals surface area contributed by atoms with Crippen molar-refractivity contribution in [1.82, 2.24) is 4.90 Å². The molecule has 2 heterocycles. The van der Waals surface area contributed by atoms with E-state index in [0.717, 1.165) is 11.0 Å². The molecule has 0 spiro atoms. The monoisotopic (exact) mass is 231 g/mol. The standard InChI is InChI=1S/C13H13NO3/c15-10-5-6-14(8-10)13(16)12-7-9-3-1-2-4-11(9)17-12/h1-4,7,10,15H,5-6,8H2/t10-/m1/s1. The zero-order chi connectivity index (χ0) is 11.8. The summed E-state index contributed by atoms with van der Waals surface area (Å²) in [6.45, 7) is 0.993. The fourth-order valence-electron chi connectivity index (χ4n) is 2.17. The first-order chi connectivity index (χ1) is 8.24. The van der Waals surface area contributed by atoms with E-state index < -0.39 is 6.10 Å². The van der Waals surface area contributed by atoms with Crippen LogP contribution in [-0.4, -0.2) is 35.1 Å². The molecule has 0 unspecified atom stereocenters. The van der Waals surface area contributed by atoms with E-state index >= 15 is 0 Å². The second-order valence-corrected chi connectivity index (χ2v) is 4.34. The van der Waals surface area contributed by atoms with Gasteiger partial charge in [-0.05, 0) is 18.6 Å². The highest BCUT2D eigenvalue weighted by Crippen LogP contribution is 2.21. The van der Waals surface area contributed by atoms with Gasteiger partial charge < -0.3 is 14.4 Å². The average Bonchev–Trinajstić information content (AvgIpc) is 2.93. The molecule has 1 aromatic carbocycles. The number of β-amino-alcohol motifs (C(OH)–C–C–N with tert-alkyl or cyclic N) is 1. The molecule has 3 rings (SSSR count). The van der Waals surface area contributed by atoms with E-state index in [1.54, 1.807) is 11.0 Å². The van der Waals surface area contributed by atoms with Crippen LogP contribution in [0, 0.1) is 0 Å². The van der Waals surface area contributed by atoms with Crippen molar-refractivity contribution in [3.63, 3.8) is 0 Å². The van der Waals surface area contributed by atoms with Crippen LogP contribution in [0.5, 0.6) is 0 Å². The number of carbonyl (C=O) groups is 1. The summed E-state index contributed by atoms with van der Waals surface area (Å²) in [5, 5.41) is 10.3. The summed E-state index contributed by atoms with van der Waals surface area (Å²) in [5.41, 5.74) is 0.718. The molecule has 4 heteroatoms. The highest BCUT2D eigenvalue weighted by molar-refractivity contribution is 5.96. The van der Waals surface area contributed by atoms with Crippen molar-refractivity contribution in [3.8, 4) is 0 Å². The Morgan fingerprint density at radius 3 is 2.94 bits per heavy atom. The minimum absolute atomic E-state index is 0.141. The summed E-state index contributed by atoms with van der Waals surface area (Å²) in [4.78, 5) is 13.7. The normalized spacial score (nSPS) is 20.1. The Labute approximate surface area is 98.4 Å². The first kappa shape index (κ1) is 10.4. The lowest BCUT2D eigenvalue weighted by molar-refractivity contribution is 0.0736. The summed E-state index contributed by atoms with van der Waals surface area (Å²) in [7, 11) is 0. The molecule has 1 amide bonds. The number of amides is 1. The van der Waals surface area contributed by atoms with Gasteiger partial charge >= 0.3 is 0 Å². The topological polar surface area (TPSA) is 53.7 Å². The van der Waals surface area contributed by atoms with Crippen LogP contribution >= 0.6 is 0 Å².